The molecule has 1 aromatic carbocycles. The number of ether oxygens (including phenoxy) is 2. The van der Waals surface area contributed by atoms with Crippen LogP contribution in [0.2, 0.25) is 5.02 Å². The molecule has 0 radical (unpaired) electrons. The molecule has 0 saturated carbocycles. The third-order valence-corrected chi connectivity index (χ3v) is 8.24. The summed E-state index contributed by atoms with van der Waals surface area (Å²) >= 11 is 8.32. The number of fused-ring (bicyclic) bond motifs is 3. The van der Waals surface area contributed by atoms with Crippen molar-refractivity contribution in [2.45, 2.75) is 57.7 Å². The lowest BCUT2D eigenvalue weighted by Crippen LogP contribution is -2.08. The van der Waals surface area contributed by atoms with Crippen molar-refractivity contribution in [3.63, 3.8) is 0 Å². The van der Waals surface area contributed by atoms with Gasteiger partial charge in [-0.25, -0.2) is 0 Å². The van der Waals surface area contributed by atoms with E-state index < -0.39 is 0 Å². The van der Waals surface area contributed by atoms with Gasteiger partial charge in [0.25, 0.3) is 0 Å². The van der Waals surface area contributed by atoms with Crippen molar-refractivity contribution >= 4 is 33.2 Å². The number of rotatable bonds is 5. The molecule has 170 valence electrons. The highest BCUT2D eigenvalue weighted by Gasteiger charge is 2.34. The third-order valence-electron chi connectivity index (χ3n) is 6.77. The molecule has 3 aromatic heterocycles. The van der Waals surface area contributed by atoms with Crippen molar-refractivity contribution in [1.29, 1.82) is 0 Å². The molecule has 1 aliphatic heterocycles. The topological polar surface area (TPSA) is 57.4 Å². The van der Waals surface area contributed by atoms with Crippen LogP contribution in [-0.2, 0) is 24.0 Å². The van der Waals surface area contributed by atoms with Crippen LogP contribution in [0.5, 0.6) is 5.75 Å². The van der Waals surface area contributed by atoms with Crippen LogP contribution >= 0.6 is 22.9 Å². The average Bonchev–Trinajstić information content (AvgIpc) is 3.55. The lowest BCUT2D eigenvalue weighted by molar-refractivity contribution is 0.103. The zero-order valence-corrected chi connectivity index (χ0v) is 20.3. The minimum atomic E-state index is -0.166. The fraction of sp³-hybridized carbons (Fsp3) is 0.385. The zero-order chi connectivity index (χ0) is 22.5. The Morgan fingerprint density at radius 2 is 2.09 bits per heavy atom. The molecule has 6 rings (SSSR count). The standard InChI is InChI=1S/C26H25ClN2O3S/c1-3-21(30-2)23-13-20-26(33-23)16(8-9-28-20)18-12-15(27)10-14-11-22(31-24(14)18)25-17-6-4-5-7-19(17)29-32-25/h8-10,12-13,21-22H,3-7,11H2,1-2H3/t21?,22-/m1/s1. The van der Waals surface area contributed by atoms with Crippen LogP contribution in [0.3, 0.4) is 0 Å². The molecule has 7 heteroatoms. The van der Waals surface area contributed by atoms with Crippen LogP contribution < -0.4 is 4.74 Å². The van der Waals surface area contributed by atoms with Gasteiger partial charge in [-0.3, -0.25) is 4.98 Å². The van der Waals surface area contributed by atoms with E-state index in [9.17, 15) is 0 Å². The molecule has 0 spiro atoms. The Balaban J connectivity index is 1.43. The molecule has 0 saturated heterocycles. The third kappa shape index (κ3) is 3.56. The van der Waals surface area contributed by atoms with Crippen molar-refractivity contribution in [2.24, 2.45) is 0 Å². The van der Waals surface area contributed by atoms with Crippen molar-refractivity contribution in [3.05, 3.63) is 62.9 Å². The van der Waals surface area contributed by atoms with Crippen molar-refractivity contribution < 1.29 is 14.0 Å². The Hall–Kier alpha value is -2.41. The molecular weight excluding hydrogens is 456 g/mol. The Labute approximate surface area is 201 Å². The van der Waals surface area contributed by atoms with E-state index in [4.69, 9.17) is 25.6 Å². The van der Waals surface area contributed by atoms with E-state index in [-0.39, 0.29) is 12.2 Å². The van der Waals surface area contributed by atoms with Gasteiger partial charge < -0.3 is 14.0 Å². The van der Waals surface area contributed by atoms with Gasteiger partial charge in [-0.2, -0.15) is 0 Å². The van der Waals surface area contributed by atoms with E-state index in [0.717, 1.165) is 69.8 Å². The largest absolute Gasteiger partial charge is 0.481 e. The molecule has 4 aromatic rings. The van der Waals surface area contributed by atoms with Gasteiger partial charge in [0, 0.05) is 51.9 Å². The molecular formula is C26H25ClN2O3S. The van der Waals surface area contributed by atoms with Crippen molar-refractivity contribution in [3.8, 4) is 16.9 Å². The Morgan fingerprint density at radius 1 is 1.21 bits per heavy atom. The SMILES string of the molecule is CCC(OC)c1cc2nccc(-c3cc(Cl)cc4c3O[C@@H](c3onc5c3CCCC5)C4)c2s1. The fourth-order valence-corrected chi connectivity index (χ4v) is 6.70. The number of nitrogens with zero attached hydrogens (tertiary/aromatic N) is 2. The minimum absolute atomic E-state index is 0.0698. The number of pyridine rings is 1. The van der Waals surface area contributed by atoms with Gasteiger partial charge in [0.1, 0.15) is 5.75 Å². The average molecular weight is 481 g/mol. The number of halogens is 1. The molecule has 0 N–H and O–H groups in total. The van der Waals surface area contributed by atoms with E-state index >= 15 is 0 Å². The molecule has 0 fully saturated rings. The monoisotopic (exact) mass is 480 g/mol. The van der Waals surface area contributed by atoms with E-state index in [1.807, 2.05) is 18.3 Å². The molecule has 5 nitrogen and oxygen atoms in total. The van der Waals surface area contributed by atoms with Crippen LogP contribution in [0.25, 0.3) is 21.3 Å². The molecule has 0 amide bonds. The number of methoxy groups -OCH3 is 1. The quantitative estimate of drug-likeness (QED) is 0.301. The number of hydrogen-bond acceptors (Lipinski definition) is 6. The highest BCUT2D eigenvalue weighted by molar-refractivity contribution is 7.19. The maximum absolute atomic E-state index is 6.59. The van der Waals surface area contributed by atoms with Crippen LogP contribution in [0, 0.1) is 0 Å². The van der Waals surface area contributed by atoms with Crippen molar-refractivity contribution in [1.82, 2.24) is 10.1 Å². The first-order valence-electron chi connectivity index (χ1n) is 11.5. The number of hydrogen-bond donors (Lipinski definition) is 0. The highest BCUT2D eigenvalue weighted by Crippen LogP contribution is 2.48. The van der Waals surface area contributed by atoms with E-state index in [1.165, 1.54) is 23.3 Å². The summed E-state index contributed by atoms with van der Waals surface area (Å²) in [6.07, 6.45) is 7.76. The second-order valence-electron chi connectivity index (χ2n) is 8.79. The molecule has 1 unspecified atom stereocenters. The van der Waals surface area contributed by atoms with Gasteiger partial charge in [0.15, 0.2) is 11.9 Å². The number of aryl methyl sites for hydroxylation is 1. The Morgan fingerprint density at radius 3 is 2.94 bits per heavy atom. The van der Waals surface area contributed by atoms with Crippen LogP contribution in [-0.4, -0.2) is 17.3 Å². The van der Waals surface area contributed by atoms with Crippen LogP contribution in [0.15, 0.2) is 35.0 Å². The van der Waals surface area contributed by atoms with E-state index in [2.05, 4.69) is 29.2 Å². The normalized spacial score (nSPS) is 18.2. The van der Waals surface area contributed by atoms with Gasteiger partial charge in [0.05, 0.1) is 22.0 Å². The van der Waals surface area contributed by atoms with Crippen LogP contribution in [0.1, 0.15) is 65.9 Å². The molecule has 1 aliphatic carbocycles. The van der Waals surface area contributed by atoms with E-state index in [0.29, 0.717) is 5.02 Å². The summed E-state index contributed by atoms with van der Waals surface area (Å²) in [4.78, 5) is 5.80. The highest BCUT2D eigenvalue weighted by atomic mass is 35.5. The maximum atomic E-state index is 6.59. The first-order chi connectivity index (χ1) is 16.2. The second-order valence-corrected chi connectivity index (χ2v) is 10.3. The Kier molecular flexibility index (Phi) is 5.40. The summed E-state index contributed by atoms with van der Waals surface area (Å²) in [5.41, 5.74) is 6.50. The molecule has 4 heterocycles. The molecule has 0 bridgehead atoms. The number of thiophene rings is 1. The van der Waals surface area contributed by atoms with Crippen molar-refractivity contribution in [2.75, 3.05) is 7.11 Å². The van der Waals surface area contributed by atoms with Gasteiger partial charge >= 0.3 is 0 Å². The summed E-state index contributed by atoms with van der Waals surface area (Å²) < 4.78 is 19.2. The van der Waals surface area contributed by atoms with Gasteiger partial charge in [-0.15, -0.1) is 11.3 Å². The predicted octanol–water partition coefficient (Wildman–Crippen LogP) is 7.26. The molecule has 2 aliphatic rings. The number of aromatic nitrogens is 2. The lowest BCUT2D eigenvalue weighted by atomic mass is 9.93. The van der Waals surface area contributed by atoms with E-state index in [1.54, 1.807) is 18.4 Å². The number of benzene rings is 1. The predicted molar refractivity (Wildman–Crippen MR) is 130 cm³/mol. The smallest absolute Gasteiger partial charge is 0.181 e. The van der Waals surface area contributed by atoms with Gasteiger partial charge in [0.2, 0.25) is 0 Å². The second kappa shape index (κ2) is 8.42. The first-order valence-corrected chi connectivity index (χ1v) is 12.7. The van der Waals surface area contributed by atoms with Gasteiger partial charge in [-0.05, 0) is 56.4 Å². The molecule has 2 atom stereocenters. The summed E-state index contributed by atoms with van der Waals surface area (Å²) in [6.45, 7) is 2.13. The fourth-order valence-electron chi connectivity index (χ4n) is 5.15. The minimum Gasteiger partial charge on any atom is -0.481 e. The Bertz CT molecular complexity index is 1340. The maximum Gasteiger partial charge on any atom is 0.181 e. The van der Waals surface area contributed by atoms with Crippen LogP contribution in [0.4, 0.5) is 0 Å². The summed E-state index contributed by atoms with van der Waals surface area (Å²) in [5.74, 6) is 1.76. The first kappa shape index (κ1) is 21.1. The molecule has 33 heavy (non-hydrogen) atoms. The lowest BCUT2D eigenvalue weighted by Gasteiger charge is -2.14. The zero-order valence-electron chi connectivity index (χ0n) is 18.7. The summed E-state index contributed by atoms with van der Waals surface area (Å²) in [7, 11) is 1.76. The summed E-state index contributed by atoms with van der Waals surface area (Å²) in [6, 6.07) is 8.20. The van der Waals surface area contributed by atoms with Gasteiger partial charge in [-0.1, -0.05) is 23.7 Å². The summed E-state index contributed by atoms with van der Waals surface area (Å²) in [5, 5.41) is 5.05.